The van der Waals surface area contributed by atoms with Crippen LogP contribution in [0.5, 0.6) is 5.88 Å². The van der Waals surface area contributed by atoms with Crippen molar-refractivity contribution in [1.29, 1.82) is 0 Å². The number of hydrogen-bond donors (Lipinski definition) is 1. The van der Waals surface area contributed by atoms with Crippen LogP contribution in [-0.2, 0) is 0 Å². The van der Waals surface area contributed by atoms with E-state index in [2.05, 4.69) is 44.1 Å². The fourth-order valence-corrected chi connectivity index (χ4v) is 2.24. The van der Waals surface area contributed by atoms with Gasteiger partial charge in [-0.05, 0) is 24.3 Å². The minimum absolute atomic E-state index is 0.332. The van der Waals surface area contributed by atoms with E-state index in [1.165, 1.54) is 5.56 Å². The number of nitrogens with one attached hydrogen (secondary N) is 1. The summed E-state index contributed by atoms with van der Waals surface area (Å²) in [5, 5.41) is 3.52. The third-order valence-electron chi connectivity index (χ3n) is 3.38. The SMILES string of the molecule is CC(C)NC1CC(Oc2ccc(C(C)C)cn2)C1. The van der Waals surface area contributed by atoms with Crippen molar-refractivity contribution in [1.82, 2.24) is 10.3 Å². The predicted octanol–water partition coefficient (Wildman–Crippen LogP) is 3.11. The second-order valence-electron chi connectivity index (χ2n) is 5.81. The molecule has 100 valence electrons. The number of ether oxygens (including phenoxy) is 1. The van der Waals surface area contributed by atoms with Gasteiger partial charge in [-0.15, -0.1) is 0 Å². The van der Waals surface area contributed by atoms with Crippen molar-refractivity contribution in [2.45, 2.75) is 64.6 Å². The molecule has 1 saturated carbocycles. The summed E-state index contributed by atoms with van der Waals surface area (Å²) < 4.78 is 5.85. The first-order valence-electron chi connectivity index (χ1n) is 6.93. The zero-order chi connectivity index (χ0) is 13.1. The van der Waals surface area contributed by atoms with Gasteiger partial charge in [0.25, 0.3) is 0 Å². The number of hydrogen-bond acceptors (Lipinski definition) is 3. The Hall–Kier alpha value is -1.09. The van der Waals surface area contributed by atoms with Crippen LogP contribution >= 0.6 is 0 Å². The van der Waals surface area contributed by atoms with Crippen molar-refractivity contribution in [3.8, 4) is 5.88 Å². The molecule has 0 spiro atoms. The lowest BCUT2D eigenvalue weighted by atomic mass is 9.89. The van der Waals surface area contributed by atoms with Gasteiger partial charge in [-0.1, -0.05) is 33.8 Å². The van der Waals surface area contributed by atoms with E-state index in [1.807, 2.05) is 12.3 Å². The monoisotopic (exact) mass is 248 g/mol. The van der Waals surface area contributed by atoms with E-state index < -0.39 is 0 Å². The molecule has 0 atom stereocenters. The van der Waals surface area contributed by atoms with E-state index in [0.29, 0.717) is 24.1 Å². The summed E-state index contributed by atoms with van der Waals surface area (Å²) in [6, 6.07) is 5.26. The highest BCUT2D eigenvalue weighted by molar-refractivity contribution is 5.20. The Bertz CT molecular complexity index is 367. The second-order valence-corrected chi connectivity index (χ2v) is 5.81. The molecule has 3 nitrogen and oxygen atoms in total. The molecule has 1 aromatic heterocycles. The lowest BCUT2D eigenvalue weighted by Crippen LogP contribution is -2.49. The molecule has 1 aliphatic rings. The molecule has 0 aromatic carbocycles. The summed E-state index contributed by atoms with van der Waals surface area (Å²) in [5.41, 5.74) is 1.26. The summed E-state index contributed by atoms with van der Waals surface area (Å²) in [6.07, 6.45) is 4.43. The van der Waals surface area contributed by atoms with Crippen LogP contribution in [0.2, 0.25) is 0 Å². The van der Waals surface area contributed by atoms with Crippen LogP contribution in [0, 0.1) is 0 Å². The van der Waals surface area contributed by atoms with Crippen LogP contribution in [0.1, 0.15) is 52.0 Å². The summed E-state index contributed by atoms with van der Waals surface area (Å²) in [7, 11) is 0. The molecule has 1 aliphatic carbocycles. The molecule has 0 bridgehead atoms. The molecular formula is C15H24N2O. The average molecular weight is 248 g/mol. The van der Waals surface area contributed by atoms with Gasteiger partial charge in [-0.25, -0.2) is 4.98 Å². The molecule has 18 heavy (non-hydrogen) atoms. The number of rotatable bonds is 5. The summed E-state index contributed by atoms with van der Waals surface area (Å²) >= 11 is 0. The number of nitrogens with zero attached hydrogens (tertiary/aromatic N) is 1. The number of aromatic nitrogens is 1. The average Bonchev–Trinajstić information content (AvgIpc) is 2.26. The Balaban J connectivity index is 1.78. The van der Waals surface area contributed by atoms with Crippen molar-refractivity contribution < 1.29 is 4.74 Å². The van der Waals surface area contributed by atoms with E-state index in [1.54, 1.807) is 0 Å². The Morgan fingerprint density at radius 2 is 1.94 bits per heavy atom. The fraction of sp³-hybridized carbons (Fsp3) is 0.667. The van der Waals surface area contributed by atoms with Crippen LogP contribution in [0.3, 0.4) is 0 Å². The van der Waals surface area contributed by atoms with E-state index in [-0.39, 0.29) is 0 Å². The summed E-state index contributed by atoms with van der Waals surface area (Å²) in [4.78, 5) is 4.37. The molecule has 0 radical (unpaired) electrons. The maximum atomic E-state index is 5.85. The van der Waals surface area contributed by atoms with E-state index in [9.17, 15) is 0 Å². The molecule has 0 aliphatic heterocycles. The van der Waals surface area contributed by atoms with Gasteiger partial charge in [-0.2, -0.15) is 0 Å². The Morgan fingerprint density at radius 1 is 1.22 bits per heavy atom. The molecule has 0 saturated heterocycles. The highest BCUT2D eigenvalue weighted by atomic mass is 16.5. The van der Waals surface area contributed by atoms with Gasteiger partial charge in [0.05, 0.1) is 0 Å². The van der Waals surface area contributed by atoms with Crippen LogP contribution < -0.4 is 10.1 Å². The first-order chi connectivity index (χ1) is 8.54. The zero-order valence-corrected chi connectivity index (χ0v) is 11.8. The van der Waals surface area contributed by atoms with Gasteiger partial charge >= 0.3 is 0 Å². The van der Waals surface area contributed by atoms with Gasteiger partial charge in [0.15, 0.2) is 0 Å². The van der Waals surface area contributed by atoms with E-state index in [4.69, 9.17) is 4.74 Å². The Morgan fingerprint density at radius 3 is 2.44 bits per heavy atom. The maximum absolute atomic E-state index is 5.85. The lowest BCUT2D eigenvalue weighted by Gasteiger charge is -2.36. The van der Waals surface area contributed by atoms with Gasteiger partial charge in [0.2, 0.25) is 5.88 Å². The van der Waals surface area contributed by atoms with Gasteiger partial charge in [-0.3, -0.25) is 0 Å². The van der Waals surface area contributed by atoms with Crippen molar-refractivity contribution in [3.63, 3.8) is 0 Å². The molecule has 1 N–H and O–H groups in total. The number of pyridine rings is 1. The Kier molecular flexibility index (Phi) is 4.23. The lowest BCUT2D eigenvalue weighted by molar-refractivity contribution is 0.0772. The largest absolute Gasteiger partial charge is 0.474 e. The third-order valence-corrected chi connectivity index (χ3v) is 3.38. The normalized spacial score (nSPS) is 23.2. The van der Waals surface area contributed by atoms with Crippen LogP contribution in [-0.4, -0.2) is 23.2 Å². The highest BCUT2D eigenvalue weighted by Gasteiger charge is 2.31. The van der Waals surface area contributed by atoms with E-state index in [0.717, 1.165) is 18.7 Å². The van der Waals surface area contributed by atoms with Gasteiger partial charge in [0, 0.05) is 24.3 Å². The molecule has 1 fully saturated rings. The van der Waals surface area contributed by atoms with Crippen molar-refractivity contribution in [3.05, 3.63) is 23.9 Å². The smallest absolute Gasteiger partial charge is 0.213 e. The molecule has 0 unspecified atom stereocenters. The zero-order valence-electron chi connectivity index (χ0n) is 11.8. The molecule has 3 heteroatoms. The molecular weight excluding hydrogens is 224 g/mol. The summed E-state index contributed by atoms with van der Waals surface area (Å²) in [5.74, 6) is 1.28. The predicted molar refractivity (Wildman–Crippen MR) is 74.0 cm³/mol. The Labute approximate surface area is 110 Å². The quantitative estimate of drug-likeness (QED) is 0.869. The summed E-state index contributed by atoms with van der Waals surface area (Å²) in [6.45, 7) is 8.71. The fourth-order valence-electron chi connectivity index (χ4n) is 2.24. The van der Waals surface area contributed by atoms with Crippen LogP contribution in [0.4, 0.5) is 0 Å². The minimum atomic E-state index is 0.332. The van der Waals surface area contributed by atoms with Crippen LogP contribution in [0.15, 0.2) is 18.3 Å². The minimum Gasteiger partial charge on any atom is -0.474 e. The standard InChI is InChI=1S/C15H24N2O/c1-10(2)12-5-6-15(16-9-12)18-14-7-13(8-14)17-11(3)4/h5-6,9-11,13-14,17H,7-8H2,1-4H3. The third kappa shape index (κ3) is 3.45. The van der Waals surface area contributed by atoms with Gasteiger partial charge < -0.3 is 10.1 Å². The van der Waals surface area contributed by atoms with Gasteiger partial charge in [0.1, 0.15) is 6.10 Å². The molecule has 1 aromatic rings. The highest BCUT2D eigenvalue weighted by Crippen LogP contribution is 2.26. The van der Waals surface area contributed by atoms with Crippen molar-refractivity contribution in [2.75, 3.05) is 0 Å². The maximum Gasteiger partial charge on any atom is 0.213 e. The molecule has 0 amide bonds. The molecule has 2 rings (SSSR count). The first-order valence-corrected chi connectivity index (χ1v) is 6.93. The topological polar surface area (TPSA) is 34.1 Å². The van der Waals surface area contributed by atoms with Crippen molar-refractivity contribution >= 4 is 0 Å². The second kappa shape index (κ2) is 5.70. The van der Waals surface area contributed by atoms with Crippen molar-refractivity contribution in [2.24, 2.45) is 0 Å². The van der Waals surface area contributed by atoms with Crippen LogP contribution in [0.25, 0.3) is 0 Å². The molecule has 1 heterocycles. The van der Waals surface area contributed by atoms with E-state index >= 15 is 0 Å². The first kappa shape index (κ1) is 13.3.